The van der Waals surface area contributed by atoms with Crippen LogP contribution in [0.3, 0.4) is 0 Å². The minimum Gasteiger partial charge on any atom is -0.497 e. The lowest BCUT2D eigenvalue weighted by molar-refractivity contribution is 0.0519. The first-order valence-electron chi connectivity index (χ1n) is 9.98. The number of aromatic amines is 1. The van der Waals surface area contributed by atoms with Crippen molar-refractivity contribution < 1.29 is 23.7 Å². The van der Waals surface area contributed by atoms with Gasteiger partial charge in [0, 0.05) is 22.4 Å². The Morgan fingerprint density at radius 3 is 2.61 bits per heavy atom. The van der Waals surface area contributed by atoms with E-state index in [9.17, 15) is 4.79 Å². The number of benzene rings is 2. The number of ether oxygens (including phenoxy) is 4. The molecule has 0 aliphatic carbocycles. The van der Waals surface area contributed by atoms with Crippen molar-refractivity contribution >= 4 is 27.8 Å². The van der Waals surface area contributed by atoms with Crippen molar-refractivity contribution in [2.24, 2.45) is 0 Å². The van der Waals surface area contributed by atoms with Gasteiger partial charge < -0.3 is 23.9 Å². The zero-order valence-corrected chi connectivity index (χ0v) is 17.9. The second kappa shape index (κ2) is 8.55. The number of nitrogens with zero attached hydrogens (tertiary/aromatic N) is 1. The van der Waals surface area contributed by atoms with Gasteiger partial charge in [0.15, 0.2) is 5.69 Å². The molecule has 0 aliphatic rings. The Bertz CT molecular complexity index is 1260. The Labute approximate surface area is 179 Å². The van der Waals surface area contributed by atoms with Gasteiger partial charge >= 0.3 is 5.97 Å². The van der Waals surface area contributed by atoms with E-state index in [-0.39, 0.29) is 0 Å². The van der Waals surface area contributed by atoms with Gasteiger partial charge in [0.2, 0.25) is 0 Å². The maximum Gasteiger partial charge on any atom is 0.357 e. The molecule has 0 fully saturated rings. The lowest BCUT2D eigenvalue weighted by atomic mass is 10.1. The van der Waals surface area contributed by atoms with Crippen LogP contribution in [0.2, 0.25) is 0 Å². The Morgan fingerprint density at radius 1 is 1.03 bits per heavy atom. The van der Waals surface area contributed by atoms with Crippen LogP contribution in [0.5, 0.6) is 17.2 Å². The summed E-state index contributed by atoms with van der Waals surface area (Å²) in [6.45, 7) is 4.26. The predicted octanol–water partition coefficient (Wildman–Crippen LogP) is 4.80. The summed E-state index contributed by atoms with van der Waals surface area (Å²) in [6.07, 6.45) is 1.66. The highest BCUT2D eigenvalue weighted by atomic mass is 16.5. The number of aromatic nitrogens is 2. The predicted molar refractivity (Wildman–Crippen MR) is 118 cm³/mol. The van der Waals surface area contributed by atoms with Crippen LogP contribution >= 0.6 is 0 Å². The van der Waals surface area contributed by atoms with Gasteiger partial charge in [-0.15, -0.1) is 0 Å². The minimum absolute atomic E-state index is 0.296. The molecule has 0 saturated carbocycles. The van der Waals surface area contributed by atoms with E-state index in [1.807, 2.05) is 43.3 Å². The van der Waals surface area contributed by atoms with Crippen molar-refractivity contribution in [3.8, 4) is 17.2 Å². The maximum atomic E-state index is 12.3. The fourth-order valence-corrected chi connectivity index (χ4v) is 3.72. The zero-order valence-electron chi connectivity index (χ0n) is 17.9. The summed E-state index contributed by atoms with van der Waals surface area (Å²) in [5.74, 6) is 1.67. The van der Waals surface area contributed by atoms with E-state index < -0.39 is 5.97 Å². The first kappa shape index (κ1) is 20.5. The van der Waals surface area contributed by atoms with Crippen LogP contribution in [-0.4, -0.2) is 36.8 Å². The van der Waals surface area contributed by atoms with Crippen molar-refractivity contribution in [2.75, 3.05) is 20.8 Å². The van der Waals surface area contributed by atoms with Crippen molar-refractivity contribution in [2.45, 2.75) is 20.5 Å². The van der Waals surface area contributed by atoms with Gasteiger partial charge in [-0.2, -0.15) is 0 Å². The van der Waals surface area contributed by atoms with E-state index in [0.29, 0.717) is 36.2 Å². The Balaban J connectivity index is 1.76. The van der Waals surface area contributed by atoms with Crippen LogP contribution in [0.1, 0.15) is 28.5 Å². The fourth-order valence-electron chi connectivity index (χ4n) is 3.72. The molecule has 0 amide bonds. The smallest absolute Gasteiger partial charge is 0.357 e. The number of nitrogens with one attached hydrogen (secondary N) is 1. The summed E-state index contributed by atoms with van der Waals surface area (Å²) in [5, 5.41) is 1.79. The molecule has 0 aliphatic heterocycles. The molecule has 0 bridgehead atoms. The van der Waals surface area contributed by atoms with E-state index in [0.717, 1.165) is 32.9 Å². The molecule has 2 aromatic heterocycles. The van der Waals surface area contributed by atoms with Gasteiger partial charge in [0.05, 0.1) is 38.1 Å². The molecule has 31 heavy (non-hydrogen) atoms. The Kier molecular flexibility index (Phi) is 5.66. The molecule has 1 N–H and O–H groups in total. The van der Waals surface area contributed by atoms with Crippen LogP contribution < -0.4 is 14.2 Å². The largest absolute Gasteiger partial charge is 0.497 e. The highest BCUT2D eigenvalue weighted by Gasteiger charge is 2.19. The molecule has 160 valence electrons. The van der Waals surface area contributed by atoms with Gasteiger partial charge in [0.25, 0.3) is 0 Å². The molecule has 0 radical (unpaired) electrons. The van der Waals surface area contributed by atoms with Gasteiger partial charge in [-0.05, 0) is 43.7 Å². The van der Waals surface area contributed by atoms with Crippen molar-refractivity contribution in [3.63, 3.8) is 0 Å². The number of aryl methyl sites for hydroxylation is 1. The summed E-state index contributed by atoms with van der Waals surface area (Å²) in [7, 11) is 3.23. The summed E-state index contributed by atoms with van der Waals surface area (Å²) in [5.41, 5.74) is 3.69. The number of H-pyrrole nitrogens is 1. The number of hydrogen-bond donors (Lipinski definition) is 1. The van der Waals surface area contributed by atoms with Crippen molar-refractivity contribution in [1.29, 1.82) is 0 Å². The van der Waals surface area contributed by atoms with E-state index in [1.54, 1.807) is 27.3 Å². The van der Waals surface area contributed by atoms with Crippen LogP contribution in [0, 0.1) is 6.92 Å². The summed E-state index contributed by atoms with van der Waals surface area (Å²) < 4.78 is 22.1. The lowest BCUT2D eigenvalue weighted by Gasteiger charge is -2.13. The van der Waals surface area contributed by atoms with E-state index in [1.165, 1.54) is 0 Å². The average Bonchev–Trinajstić information content (AvgIpc) is 3.18. The molecule has 0 saturated heterocycles. The van der Waals surface area contributed by atoms with Crippen molar-refractivity contribution in [3.05, 3.63) is 59.4 Å². The lowest BCUT2D eigenvalue weighted by Crippen LogP contribution is -2.09. The fraction of sp³-hybridized carbons (Fsp3) is 0.250. The molecule has 0 atom stereocenters. The molecule has 7 nitrogen and oxygen atoms in total. The molecule has 4 aromatic rings. The molecular formula is C24H24N2O5. The van der Waals surface area contributed by atoms with E-state index in [4.69, 9.17) is 18.9 Å². The van der Waals surface area contributed by atoms with Gasteiger partial charge in [-0.3, -0.25) is 0 Å². The number of carbonyl (C=O) groups is 1. The van der Waals surface area contributed by atoms with Crippen LogP contribution in [0.4, 0.5) is 0 Å². The van der Waals surface area contributed by atoms with Gasteiger partial charge in [0.1, 0.15) is 23.9 Å². The summed E-state index contributed by atoms with van der Waals surface area (Å²) in [4.78, 5) is 20.0. The highest BCUT2D eigenvalue weighted by Crippen LogP contribution is 2.36. The number of hydrogen-bond acceptors (Lipinski definition) is 6. The number of esters is 1. The monoisotopic (exact) mass is 420 g/mol. The molecule has 2 aromatic carbocycles. The van der Waals surface area contributed by atoms with Crippen LogP contribution in [0.15, 0.2) is 42.6 Å². The average molecular weight is 420 g/mol. The number of methoxy groups -OCH3 is 2. The van der Waals surface area contributed by atoms with Crippen LogP contribution in [0.25, 0.3) is 21.8 Å². The summed E-state index contributed by atoms with van der Waals surface area (Å²) in [6, 6.07) is 11.4. The zero-order chi connectivity index (χ0) is 22.0. The third-order valence-corrected chi connectivity index (χ3v) is 5.21. The molecule has 7 heteroatoms. The summed E-state index contributed by atoms with van der Waals surface area (Å²) >= 11 is 0. The minimum atomic E-state index is -0.433. The third-order valence-electron chi connectivity index (χ3n) is 5.21. The molecule has 4 rings (SSSR count). The SMILES string of the molecule is CCOC(=O)c1ncc2[nH]c3cccc(OCc4ccc(OC)cc4OC)c3c2c1C. The topological polar surface area (TPSA) is 82.7 Å². The quantitative estimate of drug-likeness (QED) is 0.433. The second-order valence-corrected chi connectivity index (χ2v) is 7.01. The number of pyridine rings is 1. The normalized spacial score (nSPS) is 11.0. The van der Waals surface area contributed by atoms with Crippen LogP contribution in [-0.2, 0) is 11.3 Å². The van der Waals surface area contributed by atoms with Gasteiger partial charge in [-0.25, -0.2) is 9.78 Å². The van der Waals surface area contributed by atoms with E-state index in [2.05, 4.69) is 9.97 Å². The second-order valence-electron chi connectivity index (χ2n) is 7.01. The number of rotatable bonds is 7. The molecule has 0 unspecified atom stereocenters. The first-order valence-corrected chi connectivity index (χ1v) is 9.98. The number of fused-ring (bicyclic) bond motifs is 3. The van der Waals surface area contributed by atoms with E-state index >= 15 is 0 Å². The molecule has 0 spiro atoms. The third kappa shape index (κ3) is 3.74. The number of carbonyl (C=O) groups excluding carboxylic acids is 1. The Morgan fingerprint density at radius 2 is 1.87 bits per heavy atom. The highest BCUT2D eigenvalue weighted by molar-refractivity contribution is 6.13. The van der Waals surface area contributed by atoms with Crippen molar-refractivity contribution in [1.82, 2.24) is 9.97 Å². The van der Waals surface area contributed by atoms with Gasteiger partial charge in [-0.1, -0.05) is 6.07 Å². The molecule has 2 heterocycles. The maximum absolute atomic E-state index is 12.3. The standard InChI is InChI=1S/C24H24N2O5/c1-5-30-24(27)23-14(2)21-18(12-25-23)26-17-7-6-8-19(22(17)21)31-13-15-9-10-16(28-3)11-20(15)29-4/h6-12,26H,5,13H2,1-4H3. The first-order chi connectivity index (χ1) is 15.1. The Hall–Kier alpha value is -3.74. The molecular weight excluding hydrogens is 396 g/mol.